The van der Waals surface area contributed by atoms with Gasteiger partial charge < -0.3 is 15.4 Å². The summed E-state index contributed by atoms with van der Waals surface area (Å²) in [5, 5.41) is 6.42. The van der Waals surface area contributed by atoms with E-state index in [0.29, 0.717) is 29.8 Å². The normalized spacial score (nSPS) is 10.8. The monoisotopic (exact) mass is 298 g/mol. The number of halogens is 1. The number of ether oxygens (including phenoxy) is 1. The summed E-state index contributed by atoms with van der Waals surface area (Å²) < 4.78 is 5.45. The number of hydrogen-bond acceptors (Lipinski definition) is 3. The lowest BCUT2D eigenvalue weighted by molar-refractivity contribution is -0.115. The molecule has 0 radical (unpaired) electrons. The number of hydrogen-bond donors (Lipinski definition) is 2. The number of nitrogens with one attached hydrogen (secondary N) is 2. The van der Waals surface area contributed by atoms with Crippen molar-refractivity contribution >= 4 is 23.2 Å². The van der Waals surface area contributed by atoms with Crippen molar-refractivity contribution < 1.29 is 9.53 Å². The van der Waals surface area contributed by atoms with E-state index in [1.165, 1.54) is 0 Å². The molecule has 0 saturated carbocycles. The number of amides is 1. The Kier molecular flexibility index (Phi) is 8.26. The van der Waals surface area contributed by atoms with Crippen molar-refractivity contribution in [1.29, 1.82) is 0 Å². The minimum absolute atomic E-state index is 0.0885. The summed E-state index contributed by atoms with van der Waals surface area (Å²) in [6, 6.07) is 7.09. The summed E-state index contributed by atoms with van der Waals surface area (Å²) in [5.74, 6) is 0.570. The topological polar surface area (TPSA) is 50.4 Å². The van der Waals surface area contributed by atoms with Crippen LogP contribution in [0.3, 0.4) is 0 Å². The molecule has 5 heteroatoms. The Bertz CT molecular complexity index is 411. The smallest absolute Gasteiger partial charge is 0.238 e. The average Bonchev–Trinajstić information content (AvgIpc) is 2.37. The van der Waals surface area contributed by atoms with Crippen LogP contribution in [0.4, 0.5) is 5.69 Å². The van der Waals surface area contributed by atoms with Gasteiger partial charge in [-0.05, 0) is 30.5 Å². The van der Waals surface area contributed by atoms with E-state index in [0.717, 1.165) is 13.0 Å². The molecular formula is C15H23ClN2O2. The van der Waals surface area contributed by atoms with Gasteiger partial charge in [-0.2, -0.15) is 0 Å². The van der Waals surface area contributed by atoms with Crippen molar-refractivity contribution in [3.8, 4) is 0 Å². The second-order valence-corrected chi connectivity index (χ2v) is 5.47. The molecule has 1 amide bonds. The van der Waals surface area contributed by atoms with E-state index in [-0.39, 0.29) is 12.5 Å². The van der Waals surface area contributed by atoms with E-state index in [1.807, 2.05) is 0 Å². The van der Waals surface area contributed by atoms with Gasteiger partial charge in [-0.1, -0.05) is 31.5 Å². The van der Waals surface area contributed by atoms with Crippen LogP contribution in [0.25, 0.3) is 0 Å². The van der Waals surface area contributed by atoms with E-state index < -0.39 is 0 Å². The fourth-order valence-electron chi connectivity index (χ4n) is 1.54. The molecule has 0 unspecified atom stereocenters. The molecule has 112 valence electrons. The van der Waals surface area contributed by atoms with Crippen LogP contribution in [0.1, 0.15) is 20.3 Å². The third-order valence-electron chi connectivity index (χ3n) is 2.66. The molecular weight excluding hydrogens is 276 g/mol. The largest absolute Gasteiger partial charge is 0.380 e. The first-order valence-corrected chi connectivity index (χ1v) is 7.29. The maximum atomic E-state index is 11.6. The van der Waals surface area contributed by atoms with Gasteiger partial charge in [-0.3, -0.25) is 4.79 Å². The zero-order chi connectivity index (χ0) is 14.8. The maximum absolute atomic E-state index is 11.6. The van der Waals surface area contributed by atoms with Crippen LogP contribution in [0.15, 0.2) is 24.3 Å². The fourth-order valence-corrected chi connectivity index (χ4v) is 1.73. The summed E-state index contributed by atoms with van der Waals surface area (Å²) in [6.45, 7) is 6.66. The lowest BCUT2D eigenvalue weighted by Crippen LogP contribution is -2.30. The molecule has 0 aliphatic heterocycles. The summed E-state index contributed by atoms with van der Waals surface area (Å²) in [5.41, 5.74) is 0.706. The molecule has 0 atom stereocenters. The van der Waals surface area contributed by atoms with E-state index in [1.54, 1.807) is 24.3 Å². The first-order chi connectivity index (χ1) is 9.58. The molecule has 0 spiro atoms. The first-order valence-electron chi connectivity index (χ1n) is 6.92. The van der Waals surface area contributed by atoms with Gasteiger partial charge in [0.2, 0.25) is 5.91 Å². The molecule has 1 aromatic carbocycles. The third-order valence-corrected chi connectivity index (χ3v) is 2.89. The minimum atomic E-state index is -0.0885. The van der Waals surface area contributed by atoms with Crippen LogP contribution in [-0.4, -0.2) is 32.2 Å². The van der Waals surface area contributed by atoms with Crippen molar-refractivity contribution in [1.82, 2.24) is 5.32 Å². The molecule has 4 nitrogen and oxygen atoms in total. The van der Waals surface area contributed by atoms with Crippen LogP contribution < -0.4 is 10.6 Å². The lowest BCUT2D eigenvalue weighted by Gasteiger charge is -2.08. The predicted molar refractivity (Wildman–Crippen MR) is 83.2 cm³/mol. The van der Waals surface area contributed by atoms with Crippen molar-refractivity contribution in [2.24, 2.45) is 5.92 Å². The SMILES string of the molecule is CC(C)CCOCCNCC(=O)Nc1cccc(Cl)c1. The van der Waals surface area contributed by atoms with E-state index >= 15 is 0 Å². The van der Waals surface area contributed by atoms with Gasteiger partial charge in [0.25, 0.3) is 0 Å². The molecule has 0 aliphatic rings. The zero-order valence-corrected chi connectivity index (χ0v) is 12.9. The van der Waals surface area contributed by atoms with Crippen molar-refractivity contribution in [3.05, 3.63) is 29.3 Å². The fraction of sp³-hybridized carbons (Fsp3) is 0.533. The predicted octanol–water partition coefficient (Wildman–Crippen LogP) is 2.93. The number of carbonyl (C=O) groups is 1. The zero-order valence-electron chi connectivity index (χ0n) is 12.1. The molecule has 0 aliphatic carbocycles. The molecule has 0 fully saturated rings. The Morgan fingerprint density at radius 1 is 1.35 bits per heavy atom. The number of benzene rings is 1. The molecule has 0 bridgehead atoms. The highest BCUT2D eigenvalue weighted by Gasteiger charge is 2.02. The van der Waals surface area contributed by atoms with Gasteiger partial charge in [0.1, 0.15) is 0 Å². The third kappa shape index (κ3) is 8.15. The molecule has 0 aromatic heterocycles. The summed E-state index contributed by atoms with van der Waals surface area (Å²) in [7, 11) is 0. The highest BCUT2D eigenvalue weighted by atomic mass is 35.5. The Labute approximate surface area is 125 Å². The van der Waals surface area contributed by atoms with Crippen LogP contribution in [-0.2, 0) is 9.53 Å². The average molecular weight is 299 g/mol. The van der Waals surface area contributed by atoms with E-state index in [2.05, 4.69) is 24.5 Å². The quantitative estimate of drug-likeness (QED) is 0.689. The standard InChI is InChI=1S/C15H23ClN2O2/c1-12(2)6-8-20-9-7-17-11-15(19)18-14-5-3-4-13(16)10-14/h3-5,10,12,17H,6-9,11H2,1-2H3,(H,18,19). The van der Waals surface area contributed by atoms with E-state index in [4.69, 9.17) is 16.3 Å². The van der Waals surface area contributed by atoms with Crippen LogP contribution in [0, 0.1) is 5.92 Å². The summed E-state index contributed by atoms with van der Waals surface area (Å²) >= 11 is 5.84. The second kappa shape index (κ2) is 9.75. The summed E-state index contributed by atoms with van der Waals surface area (Å²) in [6.07, 6.45) is 1.06. The molecule has 0 heterocycles. The Balaban J connectivity index is 2.06. The maximum Gasteiger partial charge on any atom is 0.238 e. The second-order valence-electron chi connectivity index (χ2n) is 5.03. The van der Waals surface area contributed by atoms with Gasteiger partial charge in [-0.15, -0.1) is 0 Å². The molecule has 1 aromatic rings. The summed E-state index contributed by atoms with van der Waals surface area (Å²) in [4.78, 5) is 11.6. The van der Waals surface area contributed by atoms with Gasteiger partial charge in [-0.25, -0.2) is 0 Å². The first kappa shape index (κ1) is 17.0. The molecule has 0 saturated heterocycles. The van der Waals surface area contributed by atoms with Gasteiger partial charge >= 0.3 is 0 Å². The lowest BCUT2D eigenvalue weighted by atomic mass is 10.1. The molecule has 1 rings (SSSR count). The number of rotatable bonds is 9. The van der Waals surface area contributed by atoms with Crippen LogP contribution in [0.2, 0.25) is 5.02 Å². The van der Waals surface area contributed by atoms with Gasteiger partial charge in [0, 0.05) is 23.9 Å². The number of anilines is 1. The Morgan fingerprint density at radius 2 is 2.15 bits per heavy atom. The highest BCUT2D eigenvalue weighted by molar-refractivity contribution is 6.30. The van der Waals surface area contributed by atoms with Crippen LogP contribution >= 0.6 is 11.6 Å². The minimum Gasteiger partial charge on any atom is -0.380 e. The van der Waals surface area contributed by atoms with Crippen molar-refractivity contribution in [2.45, 2.75) is 20.3 Å². The molecule has 2 N–H and O–H groups in total. The highest BCUT2D eigenvalue weighted by Crippen LogP contribution is 2.14. The van der Waals surface area contributed by atoms with Gasteiger partial charge in [0.15, 0.2) is 0 Å². The van der Waals surface area contributed by atoms with Crippen molar-refractivity contribution in [2.75, 3.05) is 31.6 Å². The number of carbonyl (C=O) groups excluding carboxylic acids is 1. The molecule has 20 heavy (non-hydrogen) atoms. The van der Waals surface area contributed by atoms with E-state index in [9.17, 15) is 4.79 Å². The Morgan fingerprint density at radius 3 is 2.85 bits per heavy atom. The van der Waals surface area contributed by atoms with Gasteiger partial charge in [0.05, 0.1) is 13.2 Å². The van der Waals surface area contributed by atoms with Crippen molar-refractivity contribution in [3.63, 3.8) is 0 Å². The van der Waals surface area contributed by atoms with Crippen LogP contribution in [0.5, 0.6) is 0 Å². The Hall–Kier alpha value is -1.10.